The molecular weight excluding hydrogens is 420 g/mol. The Morgan fingerprint density at radius 1 is 0.848 bits per heavy atom. The summed E-state index contributed by atoms with van der Waals surface area (Å²) < 4.78 is 0. The number of urea groups is 1. The fourth-order valence-electron chi connectivity index (χ4n) is 3.83. The van der Waals surface area contributed by atoms with Gasteiger partial charge in [-0.25, -0.2) is 9.69 Å². The molecule has 2 aromatic carbocycles. The van der Waals surface area contributed by atoms with Gasteiger partial charge in [0, 0.05) is 37.6 Å². The van der Waals surface area contributed by atoms with Crippen LogP contribution in [0.3, 0.4) is 0 Å². The molecule has 8 heteroatoms. The van der Waals surface area contributed by atoms with Crippen LogP contribution in [0.1, 0.15) is 26.3 Å². The second-order valence-corrected chi connectivity index (χ2v) is 7.54. The average molecular weight is 451 g/mol. The van der Waals surface area contributed by atoms with Crippen molar-refractivity contribution in [1.29, 1.82) is 0 Å². The number of amides is 4. The van der Waals surface area contributed by atoms with Crippen molar-refractivity contribution in [3.8, 4) is 0 Å². The quantitative estimate of drug-likeness (QED) is 0.451. The topological polar surface area (TPSA) is 93.2 Å². The summed E-state index contributed by atoms with van der Waals surface area (Å²) in [6.07, 6.45) is 1.50. The van der Waals surface area contributed by atoms with E-state index in [1.54, 1.807) is 24.3 Å². The van der Waals surface area contributed by atoms with Crippen molar-refractivity contribution in [3.63, 3.8) is 0 Å². The molecule has 1 heterocycles. The zero-order valence-corrected chi connectivity index (χ0v) is 19.2. The summed E-state index contributed by atoms with van der Waals surface area (Å²) in [5, 5.41) is 11.5. The Bertz CT molecular complexity index is 1030. The standard InChI is InChI=1S/C25H30N4O4/c1-4-27(5-2)19-9-7-18(8-10-19)17-22-23(31)26-25(33)29(24(22)32)21-13-11-20(12-14-21)28(6-3)15-16-30/h7-14,17,30H,4-6,15-16H2,1-3H3,(H,26,31,33). The van der Waals surface area contributed by atoms with E-state index in [-0.39, 0.29) is 12.2 Å². The number of hydrogen-bond acceptors (Lipinski definition) is 6. The molecule has 0 aliphatic carbocycles. The van der Waals surface area contributed by atoms with E-state index < -0.39 is 17.8 Å². The molecule has 174 valence electrons. The molecule has 1 aliphatic rings. The zero-order chi connectivity index (χ0) is 24.0. The van der Waals surface area contributed by atoms with Gasteiger partial charge in [-0.1, -0.05) is 12.1 Å². The van der Waals surface area contributed by atoms with Crippen molar-refractivity contribution in [2.45, 2.75) is 20.8 Å². The Morgan fingerprint density at radius 3 is 1.94 bits per heavy atom. The first kappa shape index (κ1) is 24.0. The lowest BCUT2D eigenvalue weighted by atomic mass is 10.1. The van der Waals surface area contributed by atoms with Crippen LogP contribution in [-0.2, 0) is 9.59 Å². The lowest BCUT2D eigenvalue weighted by Crippen LogP contribution is -2.54. The Kier molecular flexibility index (Phi) is 7.84. The number of imide groups is 2. The number of rotatable bonds is 9. The SMILES string of the molecule is CCN(CC)c1ccc(C=C2C(=O)NC(=O)N(c3ccc(N(CC)CCO)cc3)C2=O)cc1. The third-order valence-corrected chi connectivity index (χ3v) is 5.66. The summed E-state index contributed by atoms with van der Waals surface area (Å²) in [4.78, 5) is 43.2. The number of benzene rings is 2. The largest absolute Gasteiger partial charge is 0.395 e. The second-order valence-electron chi connectivity index (χ2n) is 7.54. The highest BCUT2D eigenvalue weighted by Gasteiger charge is 2.36. The van der Waals surface area contributed by atoms with Gasteiger partial charge >= 0.3 is 6.03 Å². The predicted molar refractivity (Wildman–Crippen MR) is 130 cm³/mol. The molecule has 0 radical (unpaired) electrons. The third kappa shape index (κ3) is 5.23. The van der Waals surface area contributed by atoms with Gasteiger partial charge in [0.2, 0.25) is 0 Å². The molecule has 2 N–H and O–H groups in total. The molecule has 0 unspecified atom stereocenters. The van der Waals surface area contributed by atoms with Gasteiger partial charge in [0.25, 0.3) is 11.8 Å². The number of carbonyl (C=O) groups is 3. The predicted octanol–water partition coefficient (Wildman–Crippen LogP) is 3.02. The Hall–Kier alpha value is -3.65. The molecule has 33 heavy (non-hydrogen) atoms. The lowest BCUT2D eigenvalue weighted by molar-refractivity contribution is -0.122. The maximum Gasteiger partial charge on any atom is 0.335 e. The van der Waals surface area contributed by atoms with Crippen LogP contribution >= 0.6 is 0 Å². The summed E-state index contributed by atoms with van der Waals surface area (Å²) in [7, 11) is 0. The van der Waals surface area contributed by atoms with Crippen molar-refractivity contribution in [2.75, 3.05) is 47.5 Å². The summed E-state index contributed by atoms with van der Waals surface area (Å²) in [5.74, 6) is -1.39. The molecule has 3 rings (SSSR count). The highest BCUT2D eigenvalue weighted by molar-refractivity contribution is 6.39. The van der Waals surface area contributed by atoms with Gasteiger partial charge in [-0.15, -0.1) is 0 Å². The molecule has 4 amide bonds. The fourth-order valence-corrected chi connectivity index (χ4v) is 3.83. The Morgan fingerprint density at radius 2 is 1.39 bits per heavy atom. The van der Waals surface area contributed by atoms with Crippen LogP contribution in [0, 0.1) is 0 Å². The van der Waals surface area contributed by atoms with Crippen LogP contribution in [0.2, 0.25) is 0 Å². The summed E-state index contributed by atoms with van der Waals surface area (Å²) in [5.41, 5.74) is 2.86. The number of nitrogens with zero attached hydrogens (tertiary/aromatic N) is 3. The van der Waals surface area contributed by atoms with Crippen LogP contribution in [0.15, 0.2) is 54.1 Å². The number of anilines is 3. The number of aliphatic hydroxyl groups excluding tert-OH is 1. The monoisotopic (exact) mass is 450 g/mol. The fraction of sp³-hybridized carbons (Fsp3) is 0.320. The first-order valence-corrected chi connectivity index (χ1v) is 11.2. The summed E-state index contributed by atoms with van der Waals surface area (Å²) in [6, 6.07) is 13.7. The number of barbiturate groups is 1. The Balaban J connectivity index is 1.87. The lowest BCUT2D eigenvalue weighted by Gasteiger charge is -2.27. The third-order valence-electron chi connectivity index (χ3n) is 5.66. The van der Waals surface area contributed by atoms with Crippen LogP contribution in [0.4, 0.5) is 21.9 Å². The number of hydrogen-bond donors (Lipinski definition) is 2. The van der Waals surface area contributed by atoms with E-state index in [1.807, 2.05) is 36.1 Å². The van der Waals surface area contributed by atoms with Crippen LogP contribution < -0.4 is 20.0 Å². The molecular formula is C25H30N4O4. The van der Waals surface area contributed by atoms with Crippen molar-refractivity contribution in [1.82, 2.24) is 5.32 Å². The molecule has 0 saturated carbocycles. The van der Waals surface area contributed by atoms with Crippen molar-refractivity contribution < 1.29 is 19.5 Å². The van der Waals surface area contributed by atoms with E-state index in [9.17, 15) is 19.5 Å². The number of aliphatic hydroxyl groups is 1. The maximum absolute atomic E-state index is 13.1. The first-order valence-electron chi connectivity index (χ1n) is 11.2. The smallest absolute Gasteiger partial charge is 0.335 e. The van der Waals surface area contributed by atoms with Crippen molar-refractivity contribution >= 4 is 41.0 Å². The number of carbonyl (C=O) groups excluding carboxylic acids is 3. The van der Waals surface area contributed by atoms with Gasteiger partial charge in [-0.05, 0) is 68.8 Å². The van der Waals surface area contributed by atoms with Crippen LogP contribution in [0.5, 0.6) is 0 Å². The highest BCUT2D eigenvalue weighted by Crippen LogP contribution is 2.25. The molecule has 1 fully saturated rings. The van der Waals surface area contributed by atoms with E-state index in [2.05, 4.69) is 24.1 Å². The molecule has 1 aliphatic heterocycles. The van der Waals surface area contributed by atoms with E-state index in [1.165, 1.54) is 6.08 Å². The molecule has 0 bridgehead atoms. The minimum atomic E-state index is -0.783. The summed E-state index contributed by atoms with van der Waals surface area (Å²) in [6.45, 7) is 9.10. The first-order chi connectivity index (χ1) is 15.9. The van der Waals surface area contributed by atoms with Gasteiger partial charge in [0.05, 0.1) is 12.3 Å². The molecule has 0 aromatic heterocycles. The van der Waals surface area contributed by atoms with Crippen LogP contribution in [0.25, 0.3) is 6.08 Å². The maximum atomic E-state index is 13.1. The molecule has 8 nitrogen and oxygen atoms in total. The van der Waals surface area contributed by atoms with Gasteiger partial charge in [-0.3, -0.25) is 14.9 Å². The van der Waals surface area contributed by atoms with Crippen LogP contribution in [-0.4, -0.2) is 55.7 Å². The molecule has 2 aromatic rings. The zero-order valence-electron chi connectivity index (χ0n) is 19.2. The van der Waals surface area contributed by atoms with Gasteiger partial charge in [0.15, 0.2) is 0 Å². The van der Waals surface area contributed by atoms with E-state index in [4.69, 9.17) is 0 Å². The number of nitrogens with one attached hydrogen (secondary N) is 1. The molecule has 0 spiro atoms. The normalized spacial score (nSPS) is 15.1. The highest BCUT2D eigenvalue weighted by atomic mass is 16.3. The summed E-state index contributed by atoms with van der Waals surface area (Å²) >= 11 is 0. The molecule has 1 saturated heterocycles. The average Bonchev–Trinajstić information content (AvgIpc) is 2.82. The second kappa shape index (κ2) is 10.8. The Labute approximate surface area is 194 Å². The van der Waals surface area contributed by atoms with Crippen molar-refractivity contribution in [2.24, 2.45) is 0 Å². The minimum absolute atomic E-state index is 0.0226. The van der Waals surface area contributed by atoms with E-state index in [0.717, 1.165) is 29.4 Å². The number of likely N-dealkylation sites (N-methyl/N-ethyl adjacent to an activating group) is 1. The van der Waals surface area contributed by atoms with E-state index >= 15 is 0 Å². The van der Waals surface area contributed by atoms with E-state index in [0.29, 0.717) is 24.3 Å². The molecule has 0 atom stereocenters. The van der Waals surface area contributed by atoms with Crippen molar-refractivity contribution in [3.05, 3.63) is 59.7 Å². The van der Waals surface area contributed by atoms with Gasteiger partial charge in [0.1, 0.15) is 5.57 Å². The minimum Gasteiger partial charge on any atom is -0.395 e. The van der Waals surface area contributed by atoms with Gasteiger partial charge < -0.3 is 14.9 Å². The van der Waals surface area contributed by atoms with Gasteiger partial charge in [-0.2, -0.15) is 0 Å².